The maximum Gasteiger partial charge on any atom is 0.410 e. The molecule has 0 saturated carbocycles. The van der Waals surface area contributed by atoms with Gasteiger partial charge in [-0.2, -0.15) is 5.26 Å². The number of halogens is 1. The number of nitrogens with one attached hydrogen (secondary N) is 1. The van der Waals surface area contributed by atoms with Crippen LogP contribution in [0.3, 0.4) is 0 Å². The van der Waals surface area contributed by atoms with Crippen LogP contribution in [0.4, 0.5) is 4.79 Å². The molecule has 9 heteroatoms. The number of nitrogens with zero attached hydrogens (tertiary/aromatic N) is 3. The smallest absolute Gasteiger partial charge is 0.410 e. The van der Waals surface area contributed by atoms with Crippen LogP contribution in [-0.2, 0) is 14.3 Å². The Morgan fingerprint density at radius 2 is 1.74 bits per heavy atom. The predicted octanol–water partition coefficient (Wildman–Crippen LogP) is 3.38. The third kappa shape index (κ3) is 4.37. The summed E-state index contributed by atoms with van der Waals surface area (Å²) < 4.78 is 5.44. The highest BCUT2D eigenvalue weighted by atomic mass is 35.5. The number of benzene rings is 1. The summed E-state index contributed by atoms with van der Waals surface area (Å²) in [6.07, 6.45) is 1.28. The molecule has 3 aliphatic rings. The van der Waals surface area contributed by atoms with Crippen molar-refractivity contribution in [2.45, 2.75) is 57.1 Å². The van der Waals surface area contributed by atoms with E-state index >= 15 is 0 Å². The molecule has 8 nitrogen and oxygen atoms in total. The van der Waals surface area contributed by atoms with E-state index in [9.17, 15) is 19.6 Å². The van der Waals surface area contributed by atoms with Crippen LogP contribution >= 0.6 is 11.6 Å². The van der Waals surface area contributed by atoms with E-state index < -0.39 is 23.2 Å². The second-order valence-corrected chi connectivity index (χ2v) is 10.4. The SMILES string of the molecule is CC(C)(C)OC(=O)N1CCN(C(=O)C2(C#N)NC3=C(C(=O)CCC3)C2c2ccc(Cl)cc2)CC1. The fourth-order valence-corrected chi connectivity index (χ4v) is 5.04. The van der Waals surface area contributed by atoms with Crippen molar-refractivity contribution in [1.82, 2.24) is 15.1 Å². The summed E-state index contributed by atoms with van der Waals surface area (Å²) in [4.78, 5) is 42.4. The van der Waals surface area contributed by atoms with E-state index in [4.69, 9.17) is 16.3 Å². The number of hydrogen-bond acceptors (Lipinski definition) is 6. The molecule has 180 valence electrons. The zero-order valence-corrected chi connectivity index (χ0v) is 20.4. The van der Waals surface area contributed by atoms with E-state index in [-0.39, 0.29) is 24.8 Å². The lowest BCUT2D eigenvalue weighted by Crippen LogP contribution is -2.61. The molecule has 2 aliphatic heterocycles. The minimum absolute atomic E-state index is 0.0339. The Morgan fingerprint density at radius 3 is 2.32 bits per heavy atom. The van der Waals surface area contributed by atoms with Crippen molar-refractivity contribution in [3.05, 3.63) is 46.1 Å². The molecular formula is C25H29ClN4O4. The Labute approximate surface area is 204 Å². The van der Waals surface area contributed by atoms with Crippen LogP contribution in [0, 0.1) is 11.3 Å². The van der Waals surface area contributed by atoms with E-state index in [1.165, 1.54) is 0 Å². The average molecular weight is 485 g/mol. The normalized spacial score (nSPS) is 24.9. The van der Waals surface area contributed by atoms with E-state index in [0.717, 1.165) is 0 Å². The molecule has 4 rings (SSSR count). The van der Waals surface area contributed by atoms with Gasteiger partial charge in [-0.1, -0.05) is 23.7 Å². The number of hydrogen-bond donors (Lipinski definition) is 1. The van der Waals surface area contributed by atoms with E-state index in [1.54, 1.807) is 54.8 Å². The molecule has 2 unspecified atom stereocenters. The first-order valence-corrected chi connectivity index (χ1v) is 11.9. The zero-order chi connectivity index (χ0) is 24.7. The van der Waals surface area contributed by atoms with Gasteiger partial charge in [0.25, 0.3) is 5.91 Å². The van der Waals surface area contributed by atoms with Gasteiger partial charge in [0.2, 0.25) is 5.54 Å². The summed E-state index contributed by atoms with van der Waals surface area (Å²) in [5.74, 6) is -1.15. The molecule has 34 heavy (non-hydrogen) atoms. The average Bonchev–Trinajstić information content (AvgIpc) is 3.15. The molecule has 1 saturated heterocycles. The van der Waals surface area contributed by atoms with Crippen molar-refractivity contribution >= 4 is 29.4 Å². The van der Waals surface area contributed by atoms with E-state index in [0.29, 0.717) is 54.2 Å². The van der Waals surface area contributed by atoms with Gasteiger partial charge in [0, 0.05) is 48.9 Å². The van der Waals surface area contributed by atoms with Gasteiger partial charge in [0.1, 0.15) is 11.7 Å². The fourth-order valence-electron chi connectivity index (χ4n) is 4.91. The maximum atomic E-state index is 13.9. The van der Waals surface area contributed by atoms with Crippen molar-refractivity contribution < 1.29 is 19.1 Å². The number of Topliss-reactive ketones (excluding diaryl/α,β-unsaturated/α-hetero) is 1. The number of rotatable bonds is 2. The molecule has 1 aromatic rings. The van der Waals surface area contributed by atoms with Gasteiger partial charge < -0.3 is 19.9 Å². The molecule has 2 atom stereocenters. The molecule has 1 aliphatic carbocycles. The zero-order valence-electron chi connectivity index (χ0n) is 19.7. The number of allylic oxidation sites excluding steroid dienone is 1. The quantitative estimate of drug-likeness (QED) is 0.690. The van der Waals surface area contributed by atoms with Crippen LogP contribution in [-0.4, -0.2) is 64.9 Å². The fraction of sp³-hybridized carbons (Fsp3) is 0.520. The van der Waals surface area contributed by atoms with E-state index in [1.807, 2.05) is 0 Å². The summed E-state index contributed by atoms with van der Waals surface area (Å²) in [6, 6.07) is 9.19. The number of ether oxygens (including phenoxy) is 1. The highest BCUT2D eigenvalue weighted by Gasteiger charge is 2.57. The Kier molecular flexibility index (Phi) is 6.34. The lowest BCUT2D eigenvalue weighted by molar-refractivity contribution is -0.137. The summed E-state index contributed by atoms with van der Waals surface area (Å²) >= 11 is 6.08. The van der Waals surface area contributed by atoms with Gasteiger partial charge in [-0.15, -0.1) is 0 Å². The molecular weight excluding hydrogens is 456 g/mol. The molecule has 0 spiro atoms. The largest absolute Gasteiger partial charge is 0.444 e. The monoisotopic (exact) mass is 484 g/mol. The first-order chi connectivity index (χ1) is 16.1. The minimum Gasteiger partial charge on any atom is -0.444 e. The molecule has 1 aromatic carbocycles. The van der Waals surface area contributed by atoms with Crippen LogP contribution in [0.5, 0.6) is 0 Å². The molecule has 0 bridgehead atoms. The van der Waals surface area contributed by atoms with Crippen LogP contribution < -0.4 is 5.32 Å². The molecule has 0 aromatic heterocycles. The van der Waals surface area contributed by atoms with Gasteiger partial charge in [-0.05, 0) is 51.3 Å². The van der Waals surface area contributed by atoms with Crippen LogP contribution in [0.15, 0.2) is 35.5 Å². The Hall–Kier alpha value is -3.05. The number of ketones is 1. The van der Waals surface area contributed by atoms with Crippen LogP contribution in [0.25, 0.3) is 0 Å². The van der Waals surface area contributed by atoms with Crippen molar-refractivity contribution in [3.63, 3.8) is 0 Å². The molecule has 1 fully saturated rings. The number of amides is 2. The number of nitriles is 1. The third-order valence-electron chi connectivity index (χ3n) is 6.46. The third-order valence-corrected chi connectivity index (χ3v) is 6.71. The van der Waals surface area contributed by atoms with Gasteiger partial charge in [0.15, 0.2) is 5.78 Å². The number of carbonyl (C=O) groups is 3. The number of carbonyl (C=O) groups excluding carboxylic acids is 3. The van der Waals surface area contributed by atoms with Gasteiger partial charge >= 0.3 is 6.09 Å². The Bertz CT molecular complexity index is 1080. The first kappa shape index (κ1) is 24.1. The van der Waals surface area contributed by atoms with Crippen molar-refractivity contribution in [2.24, 2.45) is 0 Å². The summed E-state index contributed by atoms with van der Waals surface area (Å²) in [7, 11) is 0. The second kappa shape index (κ2) is 8.95. The predicted molar refractivity (Wildman–Crippen MR) is 126 cm³/mol. The molecule has 2 amide bonds. The lowest BCUT2D eigenvalue weighted by Gasteiger charge is -2.40. The summed E-state index contributed by atoms with van der Waals surface area (Å²) in [6.45, 7) is 6.57. The van der Waals surface area contributed by atoms with E-state index in [2.05, 4.69) is 11.4 Å². The summed E-state index contributed by atoms with van der Waals surface area (Å²) in [5.41, 5.74) is -0.341. The molecule has 2 heterocycles. The summed E-state index contributed by atoms with van der Waals surface area (Å²) in [5, 5.41) is 14.1. The highest BCUT2D eigenvalue weighted by molar-refractivity contribution is 6.30. The van der Waals surface area contributed by atoms with Gasteiger partial charge in [0.05, 0.1) is 5.92 Å². The van der Waals surface area contributed by atoms with Crippen molar-refractivity contribution in [1.29, 1.82) is 5.26 Å². The lowest BCUT2D eigenvalue weighted by atomic mass is 9.74. The Morgan fingerprint density at radius 1 is 1.12 bits per heavy atom. The first-order valence-electron chi connectivity index (χ1n) is 11.5. The maximum absolute atomic E-state index is 13.9. The standard InChI is InChI=1S/C25H29ClN4O4/c1-24(2,3)34-23(33)30-13-11-29(12-14-30)22(32)25(15-27)21(16-7-9-17(26)10-8-16)20-18(28-25)5-4-6-19(20)31/h7-10,21,28H,4-6,11-14H2,1-3H3. The van der Waals surface area contributed by atoms with Crippen LogP contribution in [0.1, 0.15) is 51.5 Å². The number of piperazine rings is 1. The highest BCUT2D eigenvalue weighted by Crippen LogP contribution is 2.46. The molecule has 0 radical (unpaired) electrons. The van der Waals surface area contributed by atoms with Crippen molar-refractivity contribution in [3.8, 4) is 6.07 Å². The van der Waals surface area contributed by atoms with Crippen molar-refractivity contribution in [2.75, 3.05) is 26.2 Å². The minimum atomic E-state index is -1.63. The topological polar surface area (TPSA) is 103 Å². The van der Waals surface area contributed by atoms with Gasteiger partial charge in [-0.3, -0.25) is 9.59 Å². The Balaban J connectivity index is 1.61. The van der Waals surface area contributed by atoms with Crippen LogP contribution in [0.2, 0.25) is 5.02 Å². The van der Waals surface area contributed by atoms with Gasteiger partial charge in [-0.25, -0.2) is 4.79 Å². The second-order valence-electron chi connectivity index (χ2n) is 9.96. The molecule has 1 N–H and O–H groups in total.